The van der Waals surface area contributed by atoms with E-state index in [0.717, 1.165) is 0 Å². The van der Waals surface area contributed by atoms with Gasteiger partial charge in [0.15, 0.2) is 0 Å². The lowest BCUT2D eigenvalue weighted by Gasteiger charge is -2.19. The van der Waals surface area contributed by atoms with Crippen molar-refractivity contribution < 1.29 is 14.4 Å². The molecule has 2 N–H and O–H groups in total. The maximum Gasteiger partial charge on any atom is 0.424 e. The van der Waals surface area contributed by atoms with E-state index < -0.39 is 11.7 Å². The summed E-state index contributed by atoms with van der Waals surface area (Å²) < 4.78 is 4.98. The summed E-state index contributed by atoms with van der Waals surface area (Å²) in [5.74, 6) is 0.596. The highest BCUT2D eigenvalue weighted by Crippen LogP contribution is 2.07. The number of nitrogens with one attached hydrogen (secondary N) is 2. The van der Waals surface area contributed by atoms with Gasteiger partial charge in [0.2, 0.25) is 0 Å². The number of carbonyl (C=O) groups excluding carboxylic acids is 1. The lowest BCUT2D eigenvalue weighted by atomic mass is 10.2. The number of para-hydroxylation sites is 1. The van der Waals surface area contributed by atoms with Crippen molar-refractivity contribution in [1.29, 1.82) is 0 Å². The number of benzene rings is 1. The Kier molecular flexibility index (Phi) is 4.13. The zero-order valence-corrected chi connectivity index (χ0v) is 9.61. The fraction of sp³-hybridized carbons (Fsp3) is 0.364. The van der Waals surface area contributed by atoms with Crippen molar-refractivity contribution in [2.24, 2.45) is 0 Å². The molecule has 0 saturated carbocycles. The molecule has 0 fully saturated rings. The molecule has 0 bridgehead atoms. The molecule has 0 aliphatic rings. The third-order valence-electron chi connectivity index (χ3n) is 1.46. The first-order chi connectivity index (χ1) is 7.47. The molecule has 88 valence electrons. The summed E-state index contributed by atoms with van der Waals surface area (Å²) in [4.78, 5) is 16.2. The zero-order chi connectivity index (χ0) is 12.0. The summed E-state index contributed by atoms with van der Waals surface area (Å²) in [6.07, 6.45) is -0.594. The fourth-order valence-electron chi connectivity index (χ4n) is 0.918. The van der Waals surface area contributed by atoms with Crippen molar-refractivity contribution in [1.82, 2.24) is 11.0 Å². The van der Waals surface area contributed by atoms with E-state index in [1.54, 1.807) is 32.9 Å². The average Bonchev–Trinajstić information content (AvgIpc) is 2.16. The van der Waals surface area contributed by atoms with Crippen LogP contribution < -0.4 is 15.9 Å². The van der Waals surface area contributed by atoms with Gasteiger partial charge in [-0.25, -0.2) is 10.2 Å². The molecule has 0 saturated heterocycles. The van der Waals surface area contributed by atoms with E-state index in [1.165, 1.54) is 0 Å². The molecule has 0 radical (unpaired) electrons. The molecule has 0 aliphatic carbocycles. The predicted molar refractivity (Wildman–Crippen MR) is 59.6 cm³/mol. The molecule has 16 heavy (non-hydrogen) atoms. The Hall–Kier alpha value is -1.75. The van der Waals surface area contributed by atoms with Crippen LogP contribution in [-0.4, -0.2) is 11.7 Å². The highest BCUT2D eigenvalue weighted by Gasteiger charge is 2.15. The van der Waals surface area contributed by atoms with E-state index in [1.807, 2.05) is 18.2 Å². The molecular weight excluding hydrogens is 208 g/mol. The smallest absolute Gasteiger partial charge is 0.424 e. The molecular formula is C11H16N2O3. The van der Waals surface area contributed by atoms with Gasteiger partial charge in [-0.3, -0.25) is 0 Å². The van der Waals surface area contributed by atoms with Crippen molar-refractivity contribution in [2.45, 2.75) is 26.4 Å². The summed E-state index contributed by atoms with van der Waals surface area (Å²) >= 11 is 0. The Morgan fingerprint density at radius 3 is 2.38 bits per heavy atom. The van der Waals surface area contributed by atoms with Crippen LogP contribution in [0, 0.1) is 0 Å². The Balaban J connectivity index is 2.24. The number of hydrogen-bond acceptors (Lipinski definition) is 4. The van der Waals surface area contributed by atoms with Crippen LogP contribution in [0.3, 0.4) is 0 Å². The predicted octanol–water partition coefficient (Wildman–Crippen LogP) is 2.01. The van der Waals surface area contributed by atoms with Crippen molar-refractivity contribution in [3.63, 3.8) is 0 Å². The van der Waals surface area contributed by atoms with Crippen molar-refractivity contribution in [3.8, 4) is 5.75 Å². The maximum absolute atomic E-state index is 11.2. The highest BCUT2D eigenvalue weighted by atomic mass is 16.7. The Labute approximate surface area is 94.7 Å². The van der Waals surface area contributed by atoms with Crippen LogP contribution in [0.15, 0.2) is 30.3 Å². The van der Waals surface area contributed by atoms with E-state index in [9.17, 15) is 4.79 Å². The maximum atomic E-state index is 11.2. The molecule has 0 atom stereocenters. The van der Waals surface area contributed by atoms with Crippen LogP contribution in [0.1, 0.15) is 20.8 Å². The summed E-state index contributed by atoms with van der Waals surface area (Å²) in [7, 11) is 0. The second kappa shape index (κ2) is 5.37. The van der Waals surface area contributed by atoms with Gasteiger partial charge in [-0.2, -0.15) is 0 Å². The van der Waals surface area contributed by atoms with Crippen LogP contribution in [0.2, 0.25) is 0 Å². The first kappa shape index (κ1) is 12.3. The quantitative estimate of drug-likeness (QED) is 0.771. The van der Waals surface area contributed by atoms with E-state index in [2.05, 4.69) is 11.0 Å². The van der Waals surface area contributed by atoms with Crippen LogP contribution in [0.5, 0.6) is 5.75 Å². The lowest BCUT2D eigenvalue weighted by molar-refractivity contribution is 0.0359. The molecule has 0 aliphatic heterocycles. The highest BCUT2D eigenvalue weighted by molar-refractivity contribution is 5.66. The van der Waals surface area contributed by atoms with Crippen LogP contribution in [-0.2, 0) is 4.74 Å². The molecule has 0 heterocycles. The lowest BCUT2D eigenvalue weighted by Crippen LogP contribution is -2.42. The van der Waals surface area contributed by atoms with Gasteiger partial charge in [0, 0.05) is 0 Å². The van der Waals surface area contributed by atoms with E-state index >= 15 is 0 Å². The molecule has 0 aromatic heterocycles. The topological polar surface area (TPSA) is 59.6 Å². The molecule has 5 nitrogen and oxygen atoms in total. The van der Waals surface area contributed by atoms with E-state index in [-0.39, 0.29) is 0 Å². The van der Waals surface area contributed by atoms with Gasteiger partial charge in [0.05, 0.1) is 0 Å². The Morgan fingerprint density at radius 2 is 1.81 bits per heavy atom. The summed E-state index contributed by atoms with van der Waals surface area (Å²) in [5.41, 5.74) is 4.02. The Morgan fingerprint density at radius 1 is 1.19 bits per heavy atom. The number of carbonyl (C=O) groups is 1. The van der Waals surface area contributed by atoms with Crippen LogP contribution >= 0.6 is 0 Å². The summed E-state index contributed by atoms with van der Waals surface area (Å²) in [6.45, 7) is 5.35. The molecule has 1 amide bonds. The fourth-order valence-corrected chi connectivity index (χ4v) is 0.918. The summed E-state index contributed by atoms with van der Waals surface area (Å²) in [5, 5.41) is 0. The van der Waals surface area contributed by atoms with Crippen LogP contribution in [0.25, 0.3) is 0 Å². The molecule has 1 aromatic carbocycles. The monoisotopic (exact) mass is 224 g/mol. The third kappa shape index (κ3) is 5.21. The normalized spacial score (nSPS) is 10.7. The molecule has 0 unspecified atom stereocenters. The van der Waals surface area contributed by atoms with Gasteiger partial charge in [0.1, 0.15) is 11.4 Å². The molecule has 1 aromatic rings. The second-order valence-electron chi connectivity index (χ2n) is 4.14. The molecule has 0 spiro atoms. The van der Waals surface area contributed by atoms with Crippen LogP contribution in [0.4, 0.5) is 4.79 Å². The zero-order valence-electron chi connectivity index (χ0n) is 9.61. The van der Waals surface area contributed by atoms with Gasteiger partial charge in [0.25, 0.3) is 0 Å². The minimum Gasteiger partial charge on any atom is -0.443 e. The average molecular weight is 224 g/mol. The first-order valence-electron chi connectivity index (χ1n) is 4.93. The van der Waals surface area contributed by atoms with Gasteiger partial charge >= 0.3 is 6.09 Å². The minimum atomic E-state index is -0.594. The van der Waals surface area contributed by atoms with Gasteiger partial charge in [-0.1, -0.05) is 23.8 Å². The second-order valence-corrected chi connectivity index (χ2v) is 4.14. The first-order valence-corrected chi connectivity index (χ1v) is 4.93. The van der Waals surface area contributed by atoms with Crippen molar-refractivity contribution >= 4 is 6.09 Å². The standard InChI is InChI=1S/C11H16N2O3/c1-11(2,3)15-10(14)12-13-16-9-7-5-4-6-8-9/h4-8,13H,1-3H3,(H,12,14). The molecule has 5 heteroatoms. The van der Waals surface area contributed by atoms with Gasteiger partial charge in [-0.15, -0.1) is 0 Å². The van der Waals surface area contributed by atoms with Gasteiger partial charge < -0.3 is 9.57 Å². The SMILES string of the molecule is CC(C)(C)OC(=O)NNOc1ccccc1. The largest absolute Gasteiger partial charge is 0.443 e. The van der Waals surface area contributed by atoms with Crippen molar-refractivity contribution in [2.75, 3.05) is 0 Å². The van der Waals surface area contributed by atoms with Gasteiger partial charge in [-0.05, 0) is 32.9 Å². The van der Waals surface area contributed by atoms with E-state index in [4.69, 9.17) is 9.57 Å². The third-order valence-corrected chi connectivity index (χ3v) is 1.46. The number of amides is 1. The molecule has 1 rings (SSSR count). The Bertz CT molecular complexity index is 333. The number of ether oxygens (including phenoxy) is 1. The number of rotatable bonds is 3. The van der Waals surface area contributed by atoms with Crippen molar-refractivity contribution in [3.05, 3.63) is 30.3 Å². The summed E-state index contributed by atoms with van der Waals surface area (Å²) in [6, 6.07) is 9.02. The minimum absolute atomic E-state index is 0.529. The van der Waals surface area contributed by atoms with E-state index in [0.29, 0.717) is 5.75 Å². The number of hydrogen-bond donors (Lipinski definition) is 2. The number of hydrazine groups is 1.